The Morgan fingerprint density at radius 1 is 1.14 bits per heavy atom. The minimum absolute atomic E-state index is 0.0694. The van der Waals surface area contributed by atoms with E-state index >= 15 is 0 Å². The largest absolute Gasteiger partial charge is 0.396 e. The molecule has 0 radical (unpaired) electrons. The van der Waals surface area contributed by atoms with Crippen molar-refractivity contribution in [3.05, 3.63) is 53.2 Å². The number of hydrogen-bond acceptors (Lipinski definition) is 4. The quantitative estimate of drug-likeness (QED) is 0.735. The number of nitrogens with two attached hydrogens (primary N) is 1. The van der Waals surface area contributed by atoms with Crippen LogP contribution in [0.5, 0.6) is 0 Å². The summed E-state index contributed by atoms with van der Waals surface area (Å²) in [5.41, 5.74) is 9.21. The average Bonchev–Trinajstić information content (AvgIpc) is 2.48. The number of pyridine rings is 1. The first kappa shape index (κ1) is 14.8. The van der Waals surface area contributed by atoms with Gasteiger partial charge in [-0.3, -0.25) is 4.79 Å². The Labute approximate surface area is 124 Å². The molecule has 0 spiro atoms. The van der Waals surface area contributed by atoms with Gasteiger partial charge in [-0.2, -0.15) is 0 Å². The lowest BCUT2D eigenvalue weighted by Gasteiger charge is -2.11. The molecule has 2 aromatic rings. The van der Waals surface area contributed by atoms with E-state index in [1.165, 1.54) is 0 Å². The van der Waals surface area contributed by atoms with Crippen LogP contribution in [0, 0.1) is 13.8 Å². The van der Waals surface area contributed by atoms with E-state index in [0.717, 1.165) is 11.1 Å². The summed E-state index contributed by atoms with van der Waals surface area (Å²) in [6.45, 7) is 4.92. The highest BCUT2D eigenvalue weighted by atomic mass is 16.1. The predicted octanol–water partition coefficient (Wildman–Crippen LogP) is 2.12. The van der Waals surface area contributed by atoms with E-state index in [1.807, 2.05) is 44.2 Å². The van der Waals surface area contributed by atoms with Crippen molar-refractivity contribution in [1.82, 2.24) is 10.3 Å². The number of carbonyl (C=O) groups excluding carboxylic acids is 1. The van der Waals surface area contributed by atoms with E-state index in [-0.39, 0.29) is 5.91 Å². The molecule has 4 N–H and O–H groups in total. The zero-order chi connectivity index (χ0) is 15.2. The molecule has 1 amide bonds. The monoisotopic (exact) mass is 284 g/mol. The number of carbonyl (C=O) groups is 1. The van der Waals surface area contributed by atoms with Crippen molar-refractivity contribution in [2.24, 2.45) is 0 Å². The fraction of sp³-hybridized carbons (Fsp3) is 0.250. The van der Waals surface area contributed by atoms with E-state index in [0.29, 0.717) is 30.2 Å². The second-order valence-electron chi connectivity index (χ2n) is 4.89. The molecule has 5 heteroatoms. The molecule has 0 saturated carbocycles. The maximum absolute atomic E-state index is 12.0. The summed E-state index contributed by atoms with van der Waals surface area (Å²) >= 11 is 0. The van der Waals surface area contributed by atoms with Gasteiger partial charge in [-0.25, -0.2) is 4.98 Å². The van der Waals surface area contributed by atoms with Gasteiger partial charge < -0.3 is 16.4 Å². The van der Waals surface area contributed by atoms with Crippen LogP contribution in [0.4, 0.5) is 11.5 Å². The van der Waals surface area contributed by atoms with Crippen molar-refractivity contribution >= 4 is 17.4 Å². The van der Waals surface area contributed by atoms with Gasteiger partial charge in [-0.05, 0) is 37.1 Å². The summed E-state index contributed by atoms with van der Waals surface area (Å²) in [5.74, 6) is 0.584. The minimum Gasteiger partial charge on any atom is -0.396 e. The van der Waals surface area contributed by atoms with Crippen LogP contribution in [0.2, 0.25) is 0 Å². The van der Waals surface area contributed by atoms with E-state index in [1.54, 1.807) is 6.20 Å². The molecular weight excluding hydrogens is 264 g/mol. The molecule has 5 nitrogen and oxygen atoms in total. The molecule has 0 aliphatic carbocycles. The van der Waals surface area contributed by atoms with Crippen LogP contribution in [0.1, 0.15) is 21.5 Å². The van der Waals surface area contributed by atoms with Crippen LogP contribution in [0.15, 0.2) is 36.5 Å². The highest BCUT2D eigenvalue weighted by Crippen LogP contribution is 2.17. The summed E-state index contributed by atoms with van der Waals surface area (Å²) in [6, 6.07) is 9.38. The van der Waals surface area contributed by atoms with E-state index in [4.69, 9.17) is 5.73 Å². The number of benzene rings is 1. The zero-order valence-corrected chi connectivity index (χ0v) is 12.3. The predicted molar refractivity (Wildman–Crippen MR) is 85.4 cm³/mol. The van der Waals surface area contributed by atoms with Gasteiger partial charge in [0.25, 0.3) is 5.91 Å². The molecular formula is C16H20N4O. The molecule has 0 fully saturated rings. The van der Waals surface area contributed by atoms with Gasteiger partial charge in [-0.15, -0.1) is 0 Å². The van der Waals surface area contributed by atoms with E-state index in [9.17, 15) is 4.79 Å². The van der Waals surface area contributed by atoms with Gasteiger partial charge in [0, 0.05) is 24.8 Å². The fourth-order valence-corrected chi connectivity index (χ4v) is 1.99. The maximum Gasteiger partial charge on any atom is 0.251 e. The molecule has 110 valence electrons. The van der Waals surface area contributed by atoms with Gasteiger partial charge in [-0.1, -0.05) is 18.2 Å². The van der Waals surface area contributed by atoms with Gasteiger partial charge in [0.1, 0.15) is 5.82 Å². The van der Waals surface area contributed by atoms with Crippen molar-refractivity contribution in [1.29, 1.82) is 0 Å². The molecule has 0 unspecified atom stereocenters. The number of aromatic nitrogens is 1. The van der Waals surface area contributed by atoms with Crippen LogP contribution < -0.4 is 16.4 Å². The van der Waals surface area contributed by atoms with Crippen LogP contribution in [-0.2, 0) is 0 Å². The van der Waals surface area contributed by atoms with Crippen molar-refractivity contribution in [3.8, 4) is 0 Å². The van der Waals surface area contributed by atoms with Crippen LogP contribution in [-0.4, -0.2) is 24.0 Å². The Morgan fingerprint density at radius 3 is 2.67 bits per heavy atom. The van der Waals surface area contributed by atoms with E-state index in [2.05, 4.69) is 15.6 Å². The number of rotatable bonds is 5. The topological polar surface area (TPSA) is 80.0 Å². The normalized spacial score (nSPS) is 10.2. The smallest absolute Gasteiger partial charge is 0.251 e. The zero-order valence-electron chi connectivity index (χ0n) is 12.3. The Bertz CT molecular complexity index is 640. The maximum atomic E-state index is 12.0. The molecule has 2 rings (SSSR count). The molecule has 0 aliphatic heterocycles. The third kappa shape index (κ3) is 3.72. The number of anilines is 2. The van der Waals surface area contributed by atoms with Crippen LogP contribution >= 0.6 is 0 Å². The summed E-state index contributed by atoms with van der Waals surface area (Å²) in [4.78, 5) is 16.2. The van der Waals surface area contributed by atoms with E-state index < -0.39 is 0 Å². The number of aryl methyl sites for hydroxylation is 2. The standard InChI is InChI=1S/C16H20N4O/c1-11-5-3-4-6-13(11)16(21)20-10-9-19-15-14(17)12(2)7-8-18-15/h3-8H,9-10,17H2,1-2H3,(H,18,19)(H,20,21). The second kappa shape index (κ2) is 6.74. The number of nitrogens with one attached hydrogen (secondary N) is 2. The fourth-order valence-electron chi connectivity index (χ4n) is 1.99. The summed E-state index contributed by atoms with van der Waals surface area (Å²) in [5, 5.41) is 6.00. The Hall–Kier alpha value is -2.56. The highest BCUT2D eigenvalue weighted by molar-refractivity contribution is 5.95. The van der Waals surface area contributed by atoms with Gasteiger partial charge in [0.2, 0.25) is 0 Å². The van der Waals surface area contributed by atoms with Crippen LogP contribution in [0.3, 0.4) is 0 Å². The molecule has 1 aromatic heterocycles. The van der Waals surface area contributed by atoms with Crippen LogP contribution in [0.25, 0.3) is 0 Å². The van der Waals surface area contributed by atoms with Crippen molar-refractivity contribution in [2.75, 3.05) is 24.1 Å². The Balaban J connectivity index is 1.84. The van der Waals surface area contributed by atoms with Gasteiger partial charge >= 0.3 is 0 Å². The van der Waals surface area contributed by atoms with Crippen molar-refractivity contribution in [2.45, 2.75) is 13.8 Å². The number of amides is 1. The molecule has 0 aliphatic rings. The summed E-state index contributed by atoms with van der Waals surface area (Å²) < 4.78 is 0. The van der Waals surface area contributed by atoms with Crippen molar-refractivity contribution < 1.29 is 4.79 Å². The molecule has 21 heavy (non-hydrogen) atoms. The first-order valence-corrected chi connectivity index (χ1v) is 6.88. The third-order valence-electron chi connectivity index (χ3n) is 3.30. The lowest BCUT2D eigenvalue weighted by molar-refractivity contribution is 0.0954. The molecule has 1 aromatic carbocycles. The Kier molecular flexibility index (Phi) is 4.77. The average molecular weight is 284 g/mol. The number of nitrogens with zero attached hydrogens (tertiary/aromatic N) is 1. The lowest BCUT2D eigenvalue weighted by Crippen LogP contribution is -2.29. The second-order valence-corrected chi connectivity index (χ2v) is 4.89. The Morgan fingerprint density at radius 2 is 1.90 bits per heavy atom. The lowest BCUT2D eigenvalue weighted by atomic mass is 10.1. The SMILES string of the molecule is Cc1ccccc1C(=O)NCCNc1nccc(C)c1N. The summed E-state index contributed by atoms with van der Waals surface area (Å²) in [6.07, 6.45) is 1.71. The van der Waals surface area contributed by atoms with Gasteiger partial charge in [0.15, 0.2) is 0 Å². The van der Waals surface area contributed by atoms with Gasteiger partial charge in [0.05, 0.1) is 5.69 Å². The first-order chi connectivity index (χ1) is 10.1. The molecule has 1 heterocycles. The highest BCUT2D eigenvalue weighted by Gasteiger charge is 2.07. The summed E-state index contributed by atoms with van der Waals surface area (Å²) in [7, 11) is 0. The minimum atomic E-state index is -0.0694. The first-order valence-electron chi connectivity index (χ1n) is 6.88. The molecule has 0 atom stereocenters. The van der Waals surface area contributed by atoms with Crippen molar-refractivity contribution in [3.63, 3.8) is 0 Å². The number of hydrogen-bond donors (Lipinski definition) is 3. The number of nitrogen functional groups attached to an aromatic ring is 1. The third-order valence-corrected chi connectivity index (χ3v) is 3.30. The molecule has 0 bridgehead atoms. The molecule has 0 saturated heterocycles.